The lowest BCUT2D eigenvalue weighted by Crippen LogP contribution is -2.00. The Kier molecular flexibility index (Phi) is 4.36. The number of nitrogens with zero attached hydrogens (tertiary/aromatic N) is 3. The average Bonchev–Trinajstić information content (AvgIpc) is 2.92. The first-order chi connectivity index (χ1) is 13.0. The minimum atomic E-state index is 0.893. The summed E-state index contributed by atoms with van der Waals surface area (Å²) in [6.07, 6.45) is 3.76. The standard InChI is InChI=1S/C24H23N3/c1-16-11-17(2)13-22(12-16)27-18(3)14-21(19(27)4)15-26-23-9-5-7-20-8-6-10-25-24(20)23/h5-15H,1-4H3. The molecule has 0 saturated heterocycles. The minimum Gasteiger partial charge on any atom is -0.318 e. The summed E-state index contributed by atoms with van der Waals surface area (Å²) < 4.78 is 2.29. The Morgan fingerprint density at radius 1 is 0.889 bits per heavy atom. The highest BCUT2D eigenvalue weighted by atomic mass is 15.0. The molecule has 2 aromatic carbocycles. The van der Waals surface area contributed by atoms with Gasteiger partial charge in [0.15, 0.2) is 0 Å². The first-order valence-corrected chi connectivity index (χ1v) is 9.18. The van der Waals surface area contributed by atoms with Gasteiger partial charge in [0.1, 0.15) is 0 Å². The largest absolute Gasteiger partial charge is 0.318 e. The Labute approximate surface area is 160 Å². The van der Waals surface area contributed by atoms with Crippen molar-refractivity contribution in [3.63, 3.8) is 0 Å². The van der Waals surface area contributed by atoms with Gasteiger partial charge in [-0.05, 0) is 69.2 Å². The summed E-state index contributed by atoms with van der Waals surface area (Å²) in [5.74, 6) is 0. The Hall–Kier alpha value is -3.20. The second-order valence-electron chi connectivity index (χ2n) is 7.12. The minimum absolute atomic E-state index is 0.893. The zero-order chi connectivity index (χ0) is 19.0. The van der Waals surface area contributed by atoms with Gasteiger partial charge in [-0.3, -0.25) is 9.98 Å². The molecule has 0 atom stereocenters. The maximum Gasteiger partial charge on any atom is 0.0958 e. The Morgan fingerprint density at radius 3 is 2.41 bits per heavy atom. The molecule has 0 unspecified atom stereocenters. The molecular weight excluding hydrogens is 330 g/mol. The fourth-order valence-corrected chi connectivity index (χ4v) is 3.73. The van der Waals surface area contributed by atoms with E-state index in [1.165, 1.54) is 28.2 Å². The van der Waals surface area contributed by atoms with E-state index >= 15 is 0 Å². The van der Waals surface area contributed by atoms with Crippen molar-refractivity contribution in [1.29, 1.82) is 0 Å². The van der Waals surface area contributed by atoms with E-state index in [-0.39, 0.29) is 0 Å². The van der Waals surface area contributed by atoms with E-state index in [1.54, 1.807) is 0 Å². The third-order valence-electron chi connectivity index (χ3n) is 4.89. The predicted octanol–water partition coefficient (Wildman–Crippen LogP) is 6.01. The molecule has 0 saturated carbocycles. The van der Waals surface area contributed by atoms with Gasteiger partial charge in [0.25, 0.3) is 0 Å². The van der Waals surface area contributed by atoms with Crippen LogP contribution in [0.1, 0.15) is 28.1 Å². The second kappa shape index (κ2) is 6.84. The van der Waals surface area contributed by atoms with Crippen molar-refractivity contribution in [1.82, 2.24) is 9.55 Å². The van der Waals surface area contributed by atoms with Crippen LogP contribution in [0.25, 0.3) is 16.6 Å². The topological polar surface area (TPSA) is 30.2 Å². The van der Waals surface area contributed by atoms with Crippen molar-refractivity contribution in [2.24, 2.45) is 4.99 Å². The van der Waals surface area contributed by atoms with Crippen LogP contribution in [0.2, 0.25) is 0 Å². The van der Waals surface area contributed by atoms with E-state index in [2.05, 4.69) is 73.6 Å². The van der Waals surface area contributed by atoms with E-state index in [1.807, 2.05) is 30.6 Å². The average molecular weight is 353 g/mol. The van der Waals surface area contributed by atoms with Crippen LogP contribution in [-0.2, 0) is 0 Å². The molecule has 0 radical (unpaired) electrons. The highest BCUT2D eigenvalue weighted by molar-refractivity contribution is 5.92. The Balaban J connectivity index is 1.76. The third kappa shape index (κ3) is 3.28. The van der Waals surface area contributed by atoms with E-state index in [0.717, 1.165) is 22.2 Å². The maximum atomic E-state index is 4.75. The van der Waals surface area contributed by atoms with Gasteiger partial charge in [-0.2, -0.15) is 0 Å². The molecule has 0 aliphatic heterocycles. The molecule has 0 N–H and O–H groups in total. The number of fused-ring (bicyclic) bond motifs is 1. The fourth-order valence-electron chi connectivity index (χ4n) is 3.73. The van der Waals surface area contributed by atoms with Crippen LogP contribution in [0.5, 0.6) is 0 Å². The summed E-state index contributed by atoms with van der Waals surface area (Å²) >= 11 is 0. The molecule has 2 aromatic heterocycles. The van der Waals surface area contributed by atoms with Gasteiger partial charge in [0.05, 0.1) is 11.2 Å². The number of rotatable bonds is 3. The molecule has 0 amide bonds. The molecule has 3 nitrogen and oxygen atoms in total. The molecule has 0 bridgehead atoms. The van der Waals surface area contributed by atoms with Crippen LogP contribution in [0.15, 0.2) is 65.8 Å². The van der Waals surface area contributed by atoms with Gasteiger partial charge in [0, 0.05) is 40.4 Å². The van der Waals surface area contributed by atoms with Crippen LogP contribution in [-0.4, -0.2) is 15.8 Å². The van der Waals surface area contributed by atoms with Gasteiger partial charge in [-0.1, -0.05) is 24.3 Å². The molecule has 4 aromatic rings. The number of para-hydroxylation sites is 1. The monoisotopic (exact) mass is 353 g/mol. The molecule has 4 rings (SSSR count). The van der Waals surface area contributed by atoms with Crippen molar-refractivity contribution >= 4 is 22.8 Å². The molecule has 0 spiro atoms. The van der Waals surface area contributed by atoms with Crippen molar-refractivity contribution in [3.8, 4) is 5.69 Å². The highest BCUT2D eigenvalue weighted by Gasteiger charge is 2.10. The lowest BCUT2D eigenvalue weighted by Gasteiger charge is -2.11. The van der Waals surface area contributed by atoms with E-state index in [9.17, 15) is 0 Å². The maximum absolute atomic E-state index is 4.75. The molecule has 3 heteroatoms. The first-order valence-electron chi connectivity index (χ1n) is 9.18. The second-order valence-corrected chi connectivity index (χ2v) is 7.12. The molecule has 134 valence electrons. The summed E-state index contributed by atoms with van der Waals surface area (Å²) in [6.45, 7) is 8.57. The lowest BCUT2D eigenvalue weighted by molar-refractivity contribution is 0.960. The molecule has 27 heavy (non-hydrogen) atoms. The zero-order valence-electron chi connectivity index (χ0n) is 16.2. The summed E-state index contributed by atoms with van der Waals surface area (Å²) in [4.78, 5) is 9.23. The quantitative estimate of drug-likeness (QED) is 0.415. The molecule has 2 heterocycles. The van der Waals surface area contributed by atoms with Crippen LogP contribution in [0.4, 0.5) is 5.69 Å². The normalized spacial score (nSPS) is 11.6. The van der Waals surface area contributed by atoms with Gasteiger partial charge >= 0.3 is 0 Å². The summed E-state index contributed by atoms with van der Waals surface area (Å²) in [5.41, 5.74) is 9.09. The van der Waals surface area contributed by atoms with Crippen molar-refractivity contribution in [2.45, 2.75) is 27.7 Å². The fraction of sp³-hybridized carbons (Fsp3) is 0.167. The van der Waals surface area contributed by atoms with Crippen molar-refractivity contribution in [3.05, 3.63) is 88.9 Å². The van der Waals surface area contributed by atoms with Gasteiger partial charge in [-0.25, -0.2) is 0 Å². The Bertz CT molecular complexity index is 1140. The Morgan fingerprint density at radius 2 is 1.63 bits per heavy atom. The van der Waals surface area contributed by atoms with Gasteiger partial charge < -0.3 is 4.57 Å². The summed E-state index contributed by atoms with van der Waals surface area (Å²) in [7, 11) is 0. The van der Waals surface area contributed by atoms with E-state index < -0.39 is 0 Å². The highest BCUT2D eigenvalue weighted by Crippen LogP contribution is 2.25. The number of aromatic nitrogens is 2. The number of hydrogen-bond donors (Lipinski definition) is 0. The lowest BCUT2D eigenvalue weighted by atomic mass is 10.1. The first kappa shape index (κ1) is 17.2. The van der Waals surface area contributed by atoms with E-state index in [0.29, 0.717) is 0 Å². The number of hydrogen-bond acceptors (Lipinski definition) is 2. The number of aliphatic imine (C=N–C) groups is 1. The van der Waals surface area contributed by atoms with Crippen LogP contribution >= 0.6 is 0 Å². The zero-order valence-corrected chi connectivity index (χ0v) is 16.2. The van der Waals surface area contributed by atoms with Crippen LogP contribution < -0.4 is 0 Å². The SMILES string of the molecule is Cc1cc(C)cc(-n2c(C)cc(C=Nc3cccc4cccnc34)c2C)c1. The molecule has 0 aliphatic rings. The smallest absolute Gasteiger partial charge is 0.0958 e. The predicted molar refractivity (Wildman–Crippen MR) is 114 cm³/mol. The number of pyridine rings is 1. The van der Waals surface area contributed by atoms with Crippen LogP contribution in [0.3, 0.4) is 0 Å². The van der Waals surface area contributed by atoms with Crippen molar-refractivity contribution in [2.75, 3.05) is 0 Å². The molecular formula is C24H23N3. The number of benzene rings is 2. The molecule has 0 aliphatic carbocycles. The third-order valence-corrected chi connectivity index (χ3v) is 4.89. The van der Waals surface area contributed by atoms with Gasteiger partial charge in [0.2, 0.25) is 0 Å². The van der Waals surface area contributed by atoms with Crippen LogP contribution in [0, 0.1) is 27.7 Å². The summed E-state index contributed by atoms with van der Waals surface area (Å²) in [6, 6.07) is 19.0. The van der Waals surface area contributed by atoms with E-state index in [4.69, 9.17) is 4.99 Å². The number of aryl methyl sites for hydroxylation is 3. The summed E-state index contributed by atoms with van der Waals surface area (Å²) in [5, 5.41) is 1.10. The van der Waals surface area contributed by atoms with Gasteiger partial charge in [-0.15, -0.1) is 0 Å². The van der Waals surface area contributed by atoms with Crippen molar-refractivity contribution < 1.29 is 0 Å². The molecule has 0 fully saturated rings.